The number of carbonyl (C=O) groups is 1. The third kappa shape index (κ3) is 4.46. The lowest BCUT2D eigenvalue weighted by Crippen LogP contribution is -2.35. The Morgan fingerprint density at radius 3 is 2.45 bits per heavy atom. The van der Waals surface area contributed by atoms with E-state index in [4.69, 9.17) is 13.9 Å². The Morgan fingerprint density at radius 2 is 1.61 bits per heavy atom. The first-order chi connectivity index (χ1) is 16.2. The molecule has 0 saturated heterocycles. The highest BCUT2D eigenvalue weighted by Gasteiger charge is 2.22. The quantitative estimate of drug-likeness (QED) is 0.442. The van der Waals surface area contributed by atoms with Gasteiger partial charge in [0.15, 0.2) is 11.5 Å². The summed E-state index contributed by atoms with van der Waals surface area (Å²) in [5, 5.41) is 0.394. The average molecular weight is 441 g/mol. The van der Waals surface area contributed by atoms with E-state index in [-0.39, 0.29) is 16.9 Å². The van der Waals surface area contributed by atoms with Gasteiger partial charge in [-0.15, -0.1) is 0 Å². The summed E-state index contributed by atoms with van der Waals surface area (Å²) in [6.07, 6.45) is 1.93. The molecule has 2 heterocycles. The van der Waals surface area contributed by atoms with Gasteiger partial charge in [-0.05, 0) is 41.8 Å². The third-order valence-electron chi connectivity index (χ3n) is 5.69. The van der Waals surface area contributed by atoms with Crippen LogP contribution >= 0.6 is 0 Å². The highest BCUT2D eigenvalue weighted by molar-refractivity contribution is 5.96. The molecule has 0 radical (unpaired) electrons. The van der Waals surface area contributed by atoms with Gasteiger partial charge in [0, 0.05) is 13.1 Å². The number of nitrogens with zero attached hydrogens (tertiary/aromatic N) is 1. The topological polar surface area (TPSA) is 69.0 Å². The van der Waals surface area contributed by atoms with E-state index in [9.17, 15) is 9.59 Å². The molecule has 166 valence electrons. The molecule has 1 aliphatic rings. The fraction of sp³-hybridized carbons (Fsp3) is 0.185. The number of benzene rings is 3. The maximum Gasteiger partial charge on any atom is 0.261 e. The van der Waals surface area contributed by atoms with Crippen LogP contribution in [0.2, 0.25) is 0 Å². The van der Waals surface area contributed by atoms with E-state index in [0.29, 0.717) is 55.2 Å². The Hall–Kier alpha value is -4.06. The molecule has 6 heteroatoms. The molecule has 0 unspecified atom stereocenters. The van der Waals surface area contributed by atoms with E-state index in [1.54, 1.807) is 29.2 Å². The minimum atomic E-state index is -0.361. The molecule has 6 nitrogen and oxygen atoms in total. The molecule has 33 heavy (non-hydrogen) atoms. The Labute approximate surface area is 191 Å². The van der Waals surface area contributed by atoms with Gasteiger partial charge in [0.2, 0.25) is 5.43 Å². The number of para-hydroxylation sites is 1. The molecule has 0 spiro atoms. The van der Waals surface area contributed by atoms with Crippen molar-refractivity contribution >= 4 is 16.9 Å². The van der Waals surface area contributed by atoms with Crippen molar-refractivity contribution < 1.29 is 18.7 Å². The summed E-state index contributed by atoms with van der Waals surface area (Å²) in [6.45, 7) is 1.79. The average Bonchev–Trinajstić information content (AvgIpc) is 2.87. The van der Waals surface area contributed by atoms with E-state index < -0.39 is 0 Å². The summed E-state index contributed by atoms with van der Waals surface area (Å²) in [4.78, 5) is 28.3. The van der Waals surface area contributed by atoms with Gasteiger partial charge in [-0.1, -0.05) is 48.5 Å². The van der Waals surface area contributed by atoms with Crippen LogP contribution in [0.1, 0.15) is 21.5 Å². The van der Waals surface area contributed by atoms with Crippen LogP contribution in [-0.4, -0.2) is 30.6 Å². The van der Waals surface area contributed by atoms with Crippen LogP contribution in [0.25, 0.3) is 11.0 Å². The second-order valence-electron chi connectivity index (χ2n) is 7.91. The number of amides is 1. The van der Waals surface area contributed by atoms with Gasteiger partial charge in [-0.2, -0.15) is 0 Å². The maximum atomic E-state index is 13.5. The van der Waals surface area contributed by atoms with E-state index >= 15 is 0 Å². The summed E-state index contributed by atoms with van der Waals surface area (Å²) in [7, 11) is 0. The predicted molar refractivity (Wildman–Crippen MR) is 125 cm³/mol. The van der Waals surface area contributed by atoms with Gasteiger partial charge < -0.3 is 18.8 Å². The van der Waals surface area contributed by atoms with E-state index in [0.717, 1.165) is 11.1 Å². The first-order valence-electron chi connectivity index (χ1n) is 10.9. The number of hydrogen-bond donors (Lipinski definition) is 0. The molecule has 4 aromatic rings. The van der Waals surface area contributed by atoms with Crippen LogP contribution in [-0.2, 0) is 13.0 Å². The summed E-state index contributed by atoms with van der Waals surface area (Å²) >= 11 is 0. The molecule has 0 fully saturated rings. The fourth-order valence-corrected chi connectivity index (χ4v) is 3.96. The molecular formula is C27H23NO5. The minimum absolute atomic E-state index is 0.0271. The lowest BCUT2D eigenvalue weighted by atomic mass is 10.1. The van der Waals surface area contributed by atoms with Gasteiger partial charge >= 0.3 is 0 Å². The van der Waals surface area contributed by atoms with Crippen molar-refractivity contribution in [2.75, 3.05) is 19.8 Å². The number of fused-ring (bicyclic) bond motifs is 2. The lowest BCUT2D eigenvalue weighted by Gasteiger charge is -2.24. The molecule has 3 aromatic carbocycles. The normalized spacial score (nSPS) is 12.5. The zero-order valence-corrected chi connectivity index (χ0v) is 18.0. The van der Waals surface area contributed by atoms with Crippen molar-refractivity contribution in [2.45, 2.75) is 13.0 Å². The predicted octanol–water partition coefficient (Wildman–Crippen LogP) is 4.45. The van der Waals surface area contributed by atoms with Crippen LogP contribution in [0.5, 0.6) is 11.5 Å². The Balaban J connectivity index is 1.46. The first kappa shape index (κ1) is 20.8. The van der Waals surface area contributed by atoms with Crippen molar-refractivity contribution in [1.82, 2.24) is 4.90 Å². The number of hydrogen-bond acceptors (Lipinski definition) is 5. The molecule has 0 N–H and O–H groups in total. The smallest absolute Gasteiger partial charge is 0.261 e. The number of rotatable bonds is 6. The van der Waals surface area contributed by atoms with Crippen molar-refractivity contribution in [3.63, 3.8) is 0 Å². The maximum absolute atomic E-state index is 13.5. The van der Waals surface area contributed by atoms with Crippen LogP contribution in [0.4, 0.5) is 0 Å². The Kier molecular flexibility index (Phi) is 5.81. The molecule has 0 bridgehead atoms. The number of ether oxygens (including phenoxy) is 2. The number of carbonyl (C=O) groups excluding carboxylic acids is 1. The van der Waals surface area contributed by atoms with Crippen molar-refractivity contribution in [2.24, 2.45) is 0 Å². The van der Waals surface area contributed by atoms with E-state index in [2.05, 4.69) is 0 Å². The minimum Gasteiger partial charge on any atom is -0.486 e. The molecule has 0 saturated carbocycles. The zero-order chi connectivity index (χ0) is 22.6. The van der Waals surface area contributed by atoms with Crippen LogP contribution in [0, 0.1) is 0 Å². The van der Waals surface area contributed by atoms with Gasteiger partial charge in [-0.25, -0.2) is 0 Å². The Bertz CT molecular complexity index is 1350. The summed E-state index contributed by atoms with van der Waals surface area (Å²) < 4.78 is 16.9. The van der Waals surface area contributed by atoms with Gasteiger partial charge in [0.1, 0.15) is 30.6 Å². The van der Waals surface area contributed by atoms with Gasteiger partial charge in [0.25, 0.3) is 5.91 Å². The van der Waals surface area contributed by atoms with Gasteiger partial charge in [-0.3, -0.25) is 9.59 Å². The summed E-state index contributed by atoms with van der Waals surface area (Å²) in [6, 6.07) is 22.6. The second-order valence-corrected chi connectivity index (χ2v) is 7.91. The molecule has 1 amide bonds. The molecule has 1 aliphatic heterocycles. The molecular weight excluding hydrogens is 418 g/mol. The monoisotopic (exact) mass is 441 g/mol. The van der Waals surface area contributed by atoms with Crippen molar-refractivity contribution in [1.29, 1.82) is 0 Å². The van der Waals surface area contributed by atoms with Gasteiger partial charge in [0.05, 0.1) is 5.39 Å². The molecule has 0 atom stereocenters. The largest absolute Gasteiger partial charge is 0.486 e. The van der Waals surface area contributed by atoms with Crippen LogP contribution in [0.3, 0.4) is 0 Å². The lowest BCUT2D eigenvalue weighted by molar-refractivity contribution is 0.0741. The summed E-state index contributed by atoms with van der Waals surface area (Å²) in [5.41, 5.74) is 2.17. The highest BCUT2D eigenvalue weighted by Crippen LogP contribution is 2.31. The van der Waals surface area contributed by atoms with E-state index in [1.807, 2.05) is 48.5 Å². The SMILES string of the molecule is O=C(c1coc2ccccc2c1=O)N(CCc1ccccc1)Cc1ccc2c(c1)OCCO2. The molecule has 0 aliphatic carbocycles. The van der Waals surface area contributed by atoms with Crippen molar-refractivity contribution in [3.05, 3.63) is 106 Å². The van der Waals surface area contributed by atoms with Crippen LogP contribution in [0.15, 0.2) is 88.3 Å². The first-order valence-corrected chi connectivity index (χ1v) is 10.9. The zero-order valence-electron chi connectivity index (χ0n) is 18.0. The van der Waals surface area contributed by atoms with Crippen molar-refractivity contribution in [3.8, 4) is 11.5 Å². The summed E-state index contributed by atoms with van der Waals surface area (Å²) in [5.74, 6) is 1.00. The highest BCUT2D eigenvalue weighted by atomic mass is 16.6. The second kappa shape index (κ2) is 9.20. The Morgan fingerprint density at radius 1 is 0.848 bits per heavy atom. The van der Waals surface area contributed by atoms with E-state index in [1.165, 1.54) is 6.26 Å². The third-order valence-corrected chi connectivity index (χ3v) is 5.69. The molecule has 1 aromatic heterocycles. The van der Waals surface area contributed by atoms with Crippen LogP contribution < -0.4 is 14.9 Å². The molecule has 5 rings (SSSR count). The fourth-order valence-electron chi connectivity index (χ4n) is 3.96. The standard InChI is InChI=1S/C27H23NO5/c29-26-21-8-4-5-9-23(21)33-18-22(26)27(30)28(13-12-19-6-2-1-3-7-19)17-20-10-11-24-25(16-20)32-15-14-31-24/h1-11,16,18H,12-15,17H2.